The lowest BCUT2D eigenvalue weighted by Gasteiger charge is -2.15. The van der Waals surface area contributed by atoms with E-state index < -0.39 is 0 Å². The van der Waals surface area contributed by atoms with Gasteiger partial charge in [0.05, 0.1) is 23.4 Å². The zero-order chi connectivity index (χ0) is 13.8. The van der Waals surface area contributed by atoms with Crippen LogP contribution in [0.2, 0.25) is 0 Å². The number of nitrogens with zero attached hydrogens (tertiary/aromatic N) is 3. The smallest absolute Gasteiger partial charge is 0.0805 e. The number of azo groups is 1. The van der Waals surface area contributed by atoms with Crippen molar-refractivity contribution in [2.24, 2.45) is 15.6 Å². The van der Waals surface area contributed by atoms with Gasteiger partial charge >= 0.3 is 0 Å². The normalized spacial score (nSPS) is 13.6. The maximum atomic E-state index is 4.21. The zero-order valence-corrected chi connectivity index (χ0v) is 13.0. The van der Waals surface area contributed by atoms with Crippen molar-refractivity contribution in [1.82, 2.24) is 4.98 Å². The third kappa shape index (κ3) is 6.94. The lowest BCUT2D eigenvalue weighted by atomic mass is 9.92. The average molecular weight is 298 g/mol. The molecule has 1 aromatic rings. The lowest BCUT2D eigenvalue weighted by molar-refractivity contribution is 0.497. The summed E-state index contributed by atoms with van der Waals surface area (Å²) in [6.07, 6.45) is 2.07. The fourth-order valence-electron chi connectivity index (χ4n) is 1.32. The van der Waals surface area contributed by atoms with E-state index in [2.05, 4.69) is 68.2 Å². The summed E-state index contributed by atoms with van der Waals surface area (Å²) >= 11 is 1.66. The van der Waals surface area contributed by atoms with E-state index in [0.717, 1.165) is 12.2 Å². The second kappa shape index (κ2) is 8.30. The van der Waals surface area contributed by atoms with Crippen molar-refractivity contribution >= 4 is 11.3 Å². The molecule has 1 aliphatic heterocycles. The van der Waals surface area contributed by atoms with Gasteiger partial charge in [0.15, 0.2) is 0 Å². The molecule has 2 rings (SSSR count). The molecule has 116 valence electrons. The summed E-state index contributed by atoms with van der Waals surface area (Å²) < 4.78 is 0. The first kappa shape index (κ1) is 21.3. The SMILES string of the molecule is C.C.CC(C)(C)C1=CCN=N1.CC(C)(C)c1cscn1. The van der Waals surface area contributed by atoms with Crippen molar-refractivity contribution in [2.45, 2.75) is 61.8 Å². The van der Waals surface area contributed by atoms with Gasteiger partial charge in [-0.2, -0.15) is 10.2 Å². The van der Waals surface area contributed by atoms with Gasteiger partial charge in [-0.15, -0.1) is 11.3 Å². The van der Waals surface area contributed by atoms with Crippen molar-refractivity contribution in [1.29, 1.82) is 0 Å². The molecule has 0 spiro atoms. The first-order chi connectivity index (χ1) is 8.21. The molecule has 1 aliphatic rings. The predicted octanol–water partition coefficient (Wildman–Crippen LogP) is 6.10. The van der Waals surface area contributed by atoms with Crippen molar-refractivity contribution in [3.63, 3.8) is 0 Å². The van der Waals surface area contributed by atoms with Gasteiger partial charge in [0.1, 0.15) is 0 Å². The molecule has 0 aliphatic carbocycles. The number of hydrogen-bond acceptors (Lipinski definition) is 4. The van der Waals surface area contributed by atoms with E-state index in [4.69, 9.17) is 0 Å². The Bertz CT molecular complexity index is 418. The third-order valence-electron chi connectivity index (χ3n) is 2.51. The number of rotatable bonds is 0. The Balaban J connectivity index is 0. The number of allylic oxidation sites excluding steroid dienone is 1. The number of thiazole rings is 1. The molecule has 0 saturated carbocycles. The van der Waals surface area contributed by atoms with E-state index in [1.54, 1.807) is 11.3 Å². The molecule has 0 fully saturated rings. The molecule has 0 amide bonds. The van der Waals surface area contributed by atoms with Crippen LogP contribution < -0.4 is 0 Å². The minimum Gasteiger partial charge on any atom is -0.249 e. The van der Waals surface area contributed by atoms with E-state index in [0.29, 0.717) is 0 Å². The summed E-state index contributed by atoms with van der Waals surface area (Å²) in [7, 11) is 0. The van der Waals surface area contributed by atoms with Crippen LogP contribution in [-0.4, -0.2) is 11.5 Å². The predicted molar refractivity (Wildman–Crippen MR) is 91.5 cm³/mol. The highest BCUT2D eigenvalue weighted by atomic mass is 32.1. The molecular formula is C16H31N3S. The Morgan fingerprint density at radius 1 is 1.00 bits per heavy atom. The maximum Gasteiger partial charge on any atom is 0.0805 e. The molecule has 0 atom stereocenters. The molecule has 4 heteroatoms. The second-order valence-electron chi connectivity index (χ2n) is 6.39. The Hall–Kier alpha value is -1.03. The number of hydrogen-bond donors (Lipinski definition) is 0. The molecule has 0 saturated heterocycles. The van der Waals surface area contributed by atoms with Crippen LogP contribution in [0.15, 0.2) is 32.9 Å². The van der Waals surface area contributed by atoms with E-state index >= 15 is 0 Å². The summed E-state index contributed by atoms with van der Waals surface area (Å²) in [6, 6.07) is 0. The van der Waals surface area contributed by atoms with Gasteiger partial charge in [0, 0.05) is 16.2 Å². The summed E-state index contributed by atoms with van der Waals surface area (Å²) in [4.78, 5) is 4.21. The topological polar surface area (TPSA) is 37.6 Å². The van der Waals surface area contributed by atoms with E-state index in [1.165, 1.54) is 5.69 Å². The monoisotopic (exact) mass is 297 g/mol. The summed E-state index contributed by atoms with van der Waals surface area (Å²) in [6.45, 7) is 13.7. The molecule has 0 radical (unpaired) electrons. The highest BCUT2D eigenvalue weighted by Gasteiger charge is 2.18. The van der Waals surface area contributed by atoms with Crippen molar-refractivity contribution < 1.29 is 0 Å². The first-order valence-electron chi connectivity index (χ1n) is 6.18. The molecule has 20 heavy (non-hydrogen) atoms. The molecule has 0 unspecified atom stereocenters. The minimum atomic E-state index is 0. The Morgan fingerprint density at radius 3 is 1.80 bits per heavy atom. The van der Waals surface area contributed by atoms with Crippen LogP contribution >= 0.6 is 11.3 Å². The summed E-state index contributed by atoms with van der Waals surface area (Å²) in [5, 5.41) is 9.95. The van der Waals surface area contributed by atoms with Crippen LogP contribution in [0.3, 0.4) is 0 Å². The van der Waals surface area contributed by atoms with Gasteiger partial charge in [0.25, 0.3) is 0 Å². The first-order valence-corrected chi connectivity index (χ1v) is 7.12. The highest BCUT2D eigenvalue weighted by Crippen LogP contribution is 2.28. The van der Waals surface area contributed by atoms with Crippen LogP contribution in [0.4, 0.5) is 0 Å². The van der Waals surface area contributed by atoms with Gasteiger partial charge in [-0.05, 0) is 6.08 Å². The standard InChI is InChI=1S/C7H12N2.C7H11NS.2CH4/c1-7(2,3)6-4-5-8-9-6;1-7(2,3)6-4-9-5-8-6;;/h4H,5H2,1-3H3;4-5H,1-3H3;2*1H4. The van der Waals surface area contributed by atoms with Crippen LogP contribution in [0.25, 0.3) is 0 Å². The zero-order valence-electron chi connectivity index (χ0n) is 12.2. The van der Waals surface area contributed by atoms with Crippen LogP contribution in [0.1, 0.15) is 62.1 Å². The van der Waals surface area contributed by atoms with Crippen molar-refractivity contribution in [3.8, 4) is 0 Å². The lowest BCUT2D eigenvalue weighted by Crippen LogP contribution is -2.10. The molecule has 0 aromatic carbocycles. The van der Waals surface area contributed by atoms with Crippen LogP contribution in [0.5, 0.6) is 0 Å². The molecule has 0 N–H and O–H groups in total. The van der Waals surface area contributed by atoms with Gasteiger partial charge in [-0.1, -0.05) is 56.4 Å². The maximum absolute atomic E-state index is 4.21. The van der Waals surface area contributed by atoms with Crippen LogP contribution in [-0.2, 0) is 5.41 Å². The Morgan fingerprint density at radius 2 is 1.60 bits per heavy atom. The largest absolute Gasteiger partial charge is 0.249 e. The van der Waals surface area contributed by atoms with E-state index in [-0.39, 0.29) is 25.7 Å². The van der Waals surface area contributed by atoms with E-state index in [9.17, 15) is 0 Å². The fourth-order valence-corrected chi connectivity index (χ4v) is 2.10. The molecule has 3 nitrogen and oxygen atoms in total. The van der Waals surface area contributed by atoms with Crippen molar-refractivity contribution in [2.75, 3.05) is 6.54 Å². The van der Waals surface area contributed by atoms with E-state index in [1.807, 2.05) is 5.51 Å². The third-order valence-corrected chi connectivity index (χ3v) is 3.10. The molecule has 2 heterocycles. The molecule has 1 aromatic heterocycles. The van der Waals surface area contributed by atoms with Gasteiger partial charge in [-0.3, -0.25) is 0 Å². The van der Waals surface area contributed by atoms with Crippen molar-refractivity contribution in [3.05, 3.63) is 28.4 Å². The quantitative estimate of drug-likeness (QED) is 0.570. The molecule has 0 bridgehead atoms. The van der Waals surface area contributed by atoms with Gasteiger partial charge in [-0.25, -0.2) is 4.98 Å². The summed E-state index contributed by atoms with van der Waals surface area (Å²) in [5.41, 5.74) is 4.58. The minimum absolute atomic E-state index is 0. The van der Waals surface area contributed by atoms with Gasteiger partial charge < -0.3 is 0 Å². The second-order valence-corrected chi connectivity index (χ2v) is 7.11. The Kier molecular flexibility index (Phi) is 8.83. The Labute approximate surface area is 129 Å². The fraction of sp³-hybridized carbons (Fsp3) is 0.688. The summed E-state index contributed by atoms with van der Waals surface area (Å²) in [5.74, 6) is 0. The van der Waals surface area contributed by atoms with Gasteiger partial charge in [0.2, 0.25) is 0 Å². The average Bonchev–Trinajstić information content (AvgIpc) is 2.91. The highest BCUT2D eigenvalue weighted by molar-refractivity contribution is 7.07. The number of aromatic nitrogens is 1. The molecular weight excluding hydrogens is 266 g/mol. The van der Waals surface area contributed by atoms with Crippen LogP contribution in [0, 0.1) is 5.41 Å².